The fourth-order valence-corrected chi connectivity index (χ4v) is 5.70. The van der Waals surface area contributed by atoms with Gasteiger partial charge in [0.15, 0.2) is 6.17 Å². The van der Waals surface area contributed by atoms with Crippen LogP contribution in [0.2, 0.25) is 0 Å². The fraction of sp³-hybridized carbons (Fsp3) is 0.321. The lowest BCUT2D eigenvalue weighted by molar-refractivity contribution is -0.930. The number of hydrogen-bond donors (Lipinski definition) is 1. The first-order chi connectivity index (χ1) is 16.4. The third-order valence-corrected chi connectivity index (χ3v) is 7.63. The van der Waals surface area contributed by atoms with Gasteiger partial charge < -0.3 is 9.80 Å². The van der Waals surface area contributed by atoms with Gasteiger partial charge in [0.1, 0.15) is 17.2 Å². The molecule has 0 aromatic heterocycles. The van der Waals surface area contributed by atoms with E-state index in [1.54, 1.807) is 24.3 Å². The second kappa shape index (κ2) is 8.84. The van der Waals surface area contributed by atoms with E-state index in [9.17, 15) is 13.6 Å². The average molecular weight is 463 g/mol. The van der Waals surface area contributed by atoms with E-state index in [2.05, 4.69) is 36.6 Å². The topological polar surface area (TPSA) is 32.3 Å². The normalized spacial score (nSPS) is 23.8. The quantitative estimate of drug-likeness (QED) is 0.512. The summed E-state index contributed by atoms with van der Waals surface area (Å²) in [6, 6.07) is 22.8. The number of quaternary nitrogens is 1. The zero-order chi connectivity index (χ0) is 23.8. The van der Waals surface area contributed by atoms with Crippen molar-refractivity contribution in [3.63, 3.8) is 0 Å². The number of likely N-dealkylation sites (N-methyl/N-ethyl adjacent to an activating group) is 1. The van der Waals surface area contributed by atoms with Crippen LogP contribution in [0.25, 0.3) is 0 Å². The number of likely N-dealkylation sites (tertiary alicyclic amines) is 1. The number of halogens is 2. The molecule has 3 aromatic carbocycles. The summed E-state index contributed by atoms with van der Waals surface area (Å²) < 4.78 is 28.3. The molecule has 0 aliphatic carbocycles. The summed E-state index contributed by atoms with van der Waals surface area (Å²) in [4.78, 5) is 15.4. The van der Waals surface area contributed by atoms with E-state index in [1.165, 1.54) is 29.8 Å². The number of rotatable bonds is 6. The standard InChI is InChI=1S/C28H29F2N3O/c1-33(19-17-21-6-3-2-4-7-21)18-5-8-26(33)32-20-28(31-27(32)34,22-9-13-24(29)14-10-22)23-11-15-25(30)16-12-23/h2-4,6-7,9-16,26H,5,8,17-20H2,1H3/p+1/t26?,33-/m1/s1. The van der Waals surface area contributed by atoms with Gasteiger partial charge in [-0.05, 0) is 41.0 Å². The number of urea groups is 1. The van der Waals surface area contributed by atoms with Crippen molar-refractivity contribution in [2.45, 2.75) is 31.0 Å². The number of nitrogens with zero attached hydrogens (tertiary/aromatic N) is 2. The van der Waals surface area contributed by atoms with Crippen molar-refractivity contribution in [1.82, 2.24) is 10.2 Å². The van der Waals surface area contributed by atoms with Crippen LogP contribution >= 0.6 is 0 Å². The number of carbonyl (C=O) groups is 1. The summed E-state index contributed by atoms with van der Waals surface area (Å²) in [5.74, 6) is -0.666. The van der Waals surface area contributed by atoms with Crippen molar-refractivity contribution in [3.8, 4) is 0 Å². The third kappa shape index (κ3) is 4.07. The van der Waals surface area contributed by atoms with E-state index in [0.29, 0.717) is 6.54 Å². The van der Waals surface area contributed by atoms with E-state index >= 15 is 0 Å². The molecule has 0 radical (unpaired) electrons. The maximum Gasteiger partial charge on any atom is 0.323 e. The minimum Gasteiger partial charge on any atom is -0.322 e. The van der Waals surface area contributed by atoms with Gasteiger partial charge >= 0.3 is 6.03 Å². The smallest absolute Gasteiger partial charge is 0.322 e. The average Bonchev–Trinajstić information content (AvgIpc) is 3.40. The Morgan fingerprint density at radius 1 is 0.941 bits per heavy atom. The van der Waals surface area contributed by atoms with Gasteiger partial charge in [-0.2, -0.15) is 0 Å². The SMILES string of the molecule is C[N@+]1(CCc2ccccc2)CCCC1N1CC(c2ccc(F)cc2)(c2ccc(F)cc2)NC1=O. The molecule has 0 spiro atoms. The molecule has 2 saturated heterocycles. The Morgan fingerprint density at radius 3 is 2.12 bits per heavy atom. The van der Waals surface area contributed by atoms with Crippen LogP contribution in [-0.2, 0) is 12.0 Å². The minimum atomic E-state index is -0.870. The maximum absolute atomic E-state index is 13.7. The summed E-state index contributed by atoms with van der Waals surface area (Å²) in [6.45, 7) is 2.37. The molecule has 34 heavy (non-hydrogen) atoms. The highest BCUT2D eigenvalue weighted by molar-refractivity contribution is 5.80. The van der Waals surface area contributed by atoms with E-state index < -0.39 is 5.54 Å². The van der Waals surface area contributed by atoms with E-state index in [-0.39, 0.29) is 23.8 Å². The Kier molecular flexibility index (Phi) is 5.86. The van der Waals surface area contributed by atoms with Gasteiger partial charge in [0.25, 0.3) is 0 Å². The lowest BCUT2D eigenvalue weighted by atomic mass is 9.83. The molecule has 1 N–H and O–H groups in total. The van der Waals surface area contributed by atoms with Crippen molar-refractivity contribution < 1.29 is 18.1 Å². The van der Waals surface area contributed by atoms with Gasteiger partial charge in [0.05, 0.1) is 26.7 Å². The highest BCUT2D eigenvalue weighted by atomic mass is 19.1. The van der Waals surface area contributed by atoms with Crippen molar-refractivity contribution >= 4 is 6.03 Å². The molecule has 4 nitrogen and oxygen atoms in total. The van der Waals surface area contributed by atoms with Crippen LogP contribution in [0.1, 0.15) is 29.5 Å². The van der Waals surface area contributed by atoms with Gasteiger partial charge in [-0.15, -0.1) is 0 Å². The molecule has 3 aromatic rings. The van der Waals surface area contributed by atoms with Crippen molar-refractivity contribution in [1.29, 1.82) is 0 Å². The second-order valence-electron chi connectivity index (χ2n) is 9.76. The molecule has 2 aliphatic heterocycles. The third-order valence-electron chi connectivity index (χ3n) is 7.63. The lowest BCUT2D eigenvalue weighted by Gasteiger charge is -2.40. The zero-order valence-corrected chi connectivity index (χ0v) is 19.4. The summed E-state index contributed by atoms with van der Waals surface area (Å²) in [7, 11) is 2.24. The molecular formula is C28H30F2N3O+. The summed E-state index contributed by atoms with van der Waals surface area (Å²) in [5.41, 5.74) is 2.00. The van der Waals surface area contributed by atoms with Crippen molar-refractivity contribution in [3.05, 3.63) is 107 Å². The molecule has 1 unspecified atom stereocenters. The first kappa shape index (κ1) is 22.5. The zero-order valence-electron chi connectivity index (χ0n) is 19.4. The summed E-state index contributed by atoms with van der Waals surface area (Å²) >= 11 is 0. The second-order valence-corrected chi connectivity index (χ2v) is 9.76. The van der Waals surface area contributed by atoms with Crippen LogP contribution in [0.3, 0.4) is 0 Å². The molecule has 176 valence electrons. The molecular weight excluding hydrogens is 432 g/mol. The molecule has 6 heteroatoms. The van der Waals surface area contributed by atoms with Crippen LogP contribution in [-0.4, -0.2) is 48.3 Å². The molecule has 2 aliphatic rings. The Balaban J connectivity index is 1.46. The van der Waals surface area contributed by atoms with Gasteiger partial charge in [-0.25, -0.2) is 13.6 Å². The Morgan fingerprint density at radius 2 is 1.53 bits per heavy atom. The predicted molar refractivity (Wildman–Crippen MR) is 128 cm³/mol. The minimum absolute atomic E-state index is 0.0477. The first-order valence-corrected chi connectivity index (χ1v) is 11.9. The molecule has 0 bridgehead atoms. The molecule has 2 fully saturated rings. The van der Waals surface area contributed by atoms with Gasteiger partial charge in [-0.1, -0.05) is 54.6 Å². The maximum atomic E-state index is 13.7. The highest BCUT2D eigenvalue weighted by Crippen LogP contribution is 2.39. The summed E-state index contributed by atoms with van der Waals surface area (Å²) in [5, 5.41) is 3.21. The van der Waals surface area contributed by atoms with Crippen LogP contribution in [0.5, 0.6) is 0 Å². The molecule has 0 saturated carbocycles. The fourth-order valence-electron chi connectivity index (χ4n) is 5.70. The summed E-state index contributed by atoms with van der Waals surface area (Å²) in [6.07, 6.45) is 2.98. The van der Waals surface area contributed by atoms with Crippen molar-refractivity contribution in [2.24, 2.45) is 0 Å². The van der Waals surface area contributed by atoms with Gasteiger partial charge in [0, 0.05) is 19.3 Å². The predicted octanol–water partition coefficient (Wildman–Crippen LogP) is 5.04. The molecule has 5 rings (SSSR count). The number of hydrogen-bond acceptors (Lipinski definition) is 1. The van der Waals surface area contributed by atoms with Gasteiger partial charge in [0.2, 0.25) is 0 Å². The van der Waals surface area contributed by atoms with E-state index in [0.717, 1.165) is 48.0 Å². The number of amides is 2. The largest absolute Gasteiger partial charge is 0.323 e. The van der Waals surface area contributed by atoms with E-state index in [1.807, 2.05) is 11.0 Å². The Bertz CT molecular complexity index is 1110. The molecule has 2 atom stereocenters. The molecule has 2 amide bonds. The van der Waals surface area contributed by atoms with Crippen LogP contribution in [0.15, 0.2) is 78.9 Å². The van der Waals surface area contributed by atoms with E-state index in [4.69, 9.17) is 0 Å². The van der Waals surface area contributed by atoms with Crippen molar-refractivity contribution in [2.75, 3.05) is 26.7 Å². The van der Waals surface area contributed by atoms with Gasteiger partial charge in [-0.3, -0.25) is 4.90 Å². The number of carbonyl (C=O) groups excluding carboxylic acids is 1. The lowest BCUT2D eigenvalue weighted by Crippen LogP contribution is -2.57. The number of benzene rings is 3. The van der Waals surface area contributed by atoms with Crippen LogP contribution in [0, 0.1) is 11.6 Å². The first-order valence-electron chi connectivity index (χ1n) is 11.9. The van der Waals surface area contributed by atoms with Crippen LogP contribution < -0.4 is 5.32 Å². The Labute approximate surface area is 199 Å². The highest BCUT2D eigenvalue weighted by Gasteiger charge is 2.53. The Hall–Kier alpha value is -3.25. The molecule has 2 heterocycles. The monoisotopic (exact) mass is 462 g/mol. The van der Waals surface area contributed by atoms with Crippen LogP contribution in [0.4, 0.5) is 13.6 Å². The number of nitrogens with one attached hydrogen (secondary N) is 1.